The fourth-order valence-electron chi connectivity index (χ4n) is 6.68. The van der Waals surface area contributed by atoms with Crippen LogP contribution in [0.2, 0.25) is 0 Å². The lowest BCUT2D eigenvalue weighted by atomic mass is 10.0. The zero-order valence-electron chi connectivity index (χ0n) is 36.4. The van der Waals surface area contributed by atoms with Gasteiger partial charge >= 0.3 is 17.9 Å². The number of carbonyl (C=O) groups excluding carboxylic acids is 3. The van der Waals surface area contributed by atoms with Crippen molar-refractivity contribution in [1.82, 2.24) is 0 Å². The summed E-state index contributed by atoms with van der Waals surface area (Å²) in [5.41, 5.74) is 0. The Morgan fingerprint density at radius 3 is 1.09 bits per heavy atom. The van der Waals surface area contributed by atoms with Crippen molar-refractivity contribution in [2.24, 2.45) is 0 Å². The van der Waals surface area contributed by atoms with Crippen molar-refractivity contribution in [1.29, 1.82) is 0 Å². The molecule has 0 saturated carbocycles. The Kier molecular flexibility index (Phi) is 42.4. The molecule has 0 aromatic rings. The van der Waals surface area contributed by atoms with Gasteiger partial charge in [0.2, 0.25) is 0 Å². The number of esters is 3. The van der Waals surface area contributed by atoms with Crippen LogP contribution in [-0.2, 0) is 28.6 Å². The Bertz CT molecular complexity index is 938. The van der Waals surface area contributed by atoms with Gasteiger partial charge in [-0.3, -0.25) is 14.4 Å². The molecule has 0 rings (SSSR count). The molecular weight excluding hydrogens is 685 g/mol. The monoisotopic (exact) mass is 773 g/mol. The van der Waals surface area contributed by atoms with Crippen molar-refractivity contribution in [2.75, 3.05) is 13.2 Å². The van der Waals surface area contributed by atoms with Gasteiger partial charge in [0.15, 0.2) is 6.10 Å². The van der Waals surface area contributed by atoms with E-state index in [2.05, 4.69) is 57.2 Å². The van der Waals surface area contributed by atoms with Crippen molar-refractivity contribution in [2.45, 2.75) is 245 Å². The fourth-order valence-corrected chi connectivity index (χ4v) is 6.68. The number of rotatable bonds is 42. The third-order valence-electron chi connectivity index (χ3n) is 10.2. The molecule has 1 atom stereocenters. The SMILES string of the molecule is CC\C=C/C=C\C=C/CCCCCCCC(=O)OC(COC(=O)CCCCCCCCCCC)COC(=O)CCCCCCCCCCCCCCCCC. The lowest BCUT2D eigenvalue weighted by molar-refractivity contribution is -0.167. The first-order valence-electron chi connectivity index (χ1n) is 23.5. The van der Waals surface area contributed by atoms with Gasteiger partial charge in [-0.05, 0) is 38.5 Å². The largest absolute Gasteiger partial charge is 0.462 e. The molecule has 0 aromatic heterocycles. The normalized spacial score (nSPS) is 12.3. The first kappa shape index (κ1) is 52.6. The van der Waals surface area contributed by atoms with Crippen LogP contribution in [0.25, 0.3) is 0 Å². The van der Waals surface area contributed by atoms with Crippen LogP contribution in [0.5, 0.6) is 0 Å². The standard InChI is InChI=1S/C49H88O6/c1-4-7-10-13-16-19-21-23-24-26-27-30-33-36-39-42-48(51)54-45-46(44-53-47(50)41-38-35-32-29-18-15-12-9-6-3)55-49(52)43-40-37-34-31-28-25-22-20-17-14-11-8-5-2/h8,11,14,17,20,22,46H,4-7,9-10,12-13,15-16,18-19,21,23-45H2,1-3H3/b11-8-,17-14-,22-20-. The average Bonchev–Trinajstić information content (AvgIpc) is 3.18. The van der Waals surface area contributed by atoms with E-state index in [0.717, 1.165) is 83.5 Å². The third-order valence-corrected chi connectivity index (χ3v) is 10.2. The highest BCUT2D eigenvalue weighted by Crippen LogP contribution is 2.15. The number of hydrogen-bond acceptors (Lipinski definition) is 6. The molecule has 55 heavy (non-hydrogen) atoms. The molecule has 6 nitrogen and oxygen atoms in total. The molecule has 0 amide bonds. The highest BCUT2D eigenvalue weighted by Gasteiger charge is 2.19. The Morgan fingerprint density at radius 1 is 0.382 bits per heavy atom. The Hall–Kier alpha value is -2.37. The van der Waals surface area contributed by atoms with Gasteiger partial charge in [0, 0.05) is 19.3 Å². The molecule has 0 aliphatic carbocycles. The maximum atomic E-state index is 12.7. The second-order valence-electron chi connectivity index (χ2n) is 15.7. The van der Waals surface area contributed by atoms with Crippen molar-refractivity contribution in [3.8, 4) is 0 Å². The summed E-state index contributed by atoms with van der Waals surface area (Å²) in [6, 6.07) is 0. The zero-order valence-corrected chi connectivity index (χ0v) is 36.4. The van der Waals surface area contributed by atoms with E-state index in [1.54, 1.807) is 0 Å². The molecular formula is C49H88O6. The van der Waals surface area contributed by atoms with E-state index >= 15 is 0 Å². The molecule has 0 heterocycles. The molecule has 0 spiro atoms. The van der Waals surface area contributed by atoms with E-state index in [-0.39, 0.29) is 31.1 Å². The molecule has 0 fully saturated rings. The summed E-state index contributed by atoms with van der Waals surface area (Å²) in [5, 5.41) is 0. The molecule has 0 aliphatic heterocycles. The number of hydrogen-bond donors (Lipinski definition) is 0. The van der Waals surface area contributed by atoms with Crippen LogP contribution in [-0.4, -0.2) is 37.2 Å². The van der Waals surface area contributed by atoms with Crippen molar-refractivity contribution in [3.05, 3.63) is 36.5 Å². The second kappa shape index (κ2) is 44.3. The molecule has 1 unspecified atom stereocenters. The van der Waals surface area contributed by atoms with E-state index in [0.29, 0.717) is 19.3 Å². The lowest BCUT2D eigenvalue weighted by Gasteiger charge is -2.18. The summed E-state index contributed by atoms with van der Waals surface area (Å²) >= 11 is 0. The van der Waals surface area contributed by atoms with Crippen molar-refractivity contribution < 1.29 is 28.6 Å². The number of unbranched alkanes of at least 4 members (excludes halogenated alkanes) is 27. The van der Waals surface area contributed by atoms with Gasteiger partial charge in [0.1, 0.15) is 13.2 Å². The molecule has 0 aromatic carbocycles. The van der Waals surface area contributed by atoms with E-state index < -0.39 is 6.10 Å². The first-order chi connectivity index (χ1) is 27.0. The highest BCUT2D eigenvalue weighted by molar-refractivity contribution is 5.71. The smallest absolute Gasteiger partial charge is 0.306 e. The predicted molar refractivity (Wildman–Crippen MR) is 233 cm³/mol. The van der Waals surface area contributed by atoms with Gasteiger partial charge in [-0.15, -0.1) is 0 Å². The third kappa shape index (κ3) is 42.6. The second-order valence-corrected chi connectivity index (χ2v) is 15.7. The number of ether oxygens (including phenoxy) is 3. The number of allylic oxidation sites excluding steroid dienone is 6. The van der Waals surface area contributed by atoms with Gasteiger partial charge in [0.25, 0.3) is 0 Å². The summed E-state index contributed by atoms with van der Waals surface area (Å²) in [7, 11) is 0. The predicted octanol–water partition coefficient (Wildman–Crippen LogP) is 15.0. The van der Waals surface area contributed by atoms with Gasteiger partial charge in [-0.25, -0.2) is 0 Å². The maximum absolute atomic E-state index is 12.7. The summed E-state index contributed by atoms with van der Waals surface area (Å²) in [6.07, 6.45) is 49.8. The summed E-state index contributed by atoms with van der Waals surface area (Å²) in [6.45, 7) is 6.47. The molecule has 0 aliphatic rings. The number of carbonyl (C=O) groups is 3. The molecule has 0 saturated heterocycles. The highest BCUT2D eigenvalue weighted by atomic mass is 16.6. The van der Waals surface area contributed by atoms with Crippen LogP contribution in [0.1, 0.15) is 239 Å². The zero-order chi connectivity index (χ0) is 40.1. The van der Waals surface area contributed by atoms with E-state index in [4.69, 9.17) is 14.2 Å². The van der Waals surface area contributed by atoms with Crippen LogP contribution < -0.4 is 0 Å². The van der Waals surface area contributed by atoms with Gasteiger partial charge in [-0.1, -0.05) is 218 Å². The minimum absolute atomic E-state index is 0.0772. The van der Waals surface area contributed by atoms with Crippen molar-refractivity contribution >= 4 is 17.9 Å². The lowest BCUT2D eigenvalue weighted by Crippen LogP contribution is -2.30. The Morgan fingerprint density at radius 2 is 0.709 bits per heavy atom. The van der Waals surface area contributed by atoms with E-state index in [1.165, 1.54) is 116 Å². The first-order valence-corrected chi connectivity index (χ1v) is 23.5. The molecule has 320 valence electrons. The molecule has 0 N–H and O–H groups in total. The minimum Gasteiger partial charge on any atom is -0.462 e. The summed E-state index contributed by atoms with van der Waals surface area (Å²) in [4.78, 5) is 37.7. The molecule has 0 radical (unpaired) electrons. The van der Waals surface area contributed by atoms with Crippen LogP contribution in [0.4, 0.5) is 0 Å². The summed E-state index contributed by atoms with van der Waals surface area (Å²) in [5.74, 6) is -0.895. The topological polar surface area (TPSA) is 78.9 Å². The molecule has 0 bridgehead atoms. The van der Waals surface area contributed by atoms with E-state index in [9.17, 15) is 14.4 Å². The van der Waals surface area contributed by atoms with Crippen LogP contribution in [0.3, 0.4) is 0 Å². The Balaban J connectivity index is 4.34. The van der Waals surface area contributed by atoms with E-state index in [1.807, 2.05) is 0 Å². The maximum Gasteiger partial charge on any atom is 0.306 e. The fraction of sp³-hybridized carbons (Fsp3) is 0.816. The Labute approximate surface area is 340 Å². The van der Waals surface area contributed by atoms with Gasteiger partial charge < -0.3 is 14.2 Å². The van der Waals surface area contributed by atoms with Crippen LogP contribution >= 0.6 is 0 Å². The van der Waals surface area contributed by atoms with Crippen LogP contribution in [0, 0.1) is 0 Å². The van der Waals surface area contributed by atoms with Gasteiger partial charge in [0.05, 0.1) is 0 Å². The van der Waals surface area contributed by atoms with Gasteiger partial charge in [-0.2, -0.15) is 0 Å². The summed E-state index contributed by atoms with van der Waals surface area (Å²) < 4.78 is 16.7. The minimum atomic E-state index is -0.775. The van der Waals surface area contributed by atoms with Crippen molar-refractivity contribution in [3.63, 3.8) is 0 Å². The van der Waals surface area contributed by atoms with Crippen LogP contribution in [0.15, 0.2) is 36.5 Å². The average molecular weight is 773 g/mol. The molecule has 6 heteroatoms. The quantitative estimate of drug-likeness (QED) is 0.0266.